The van der Waals surface area contributed by atoms with Gasteiger partial charge in [0.1, 0.15) is 24.2 Å². The Morgan fingerprint density at radius 3 is 2.41 bits per heavy atom. The van der Waals surface area contributed by atoms with Gasteiger partial charge in [-0.05, 0) is 29.8 Å². The number of hydrogen-bond donors (Lipinski definition) is 0. The van der Waals surface area contributed by atoms with Gasteiger partial charge in [0.15, 0.2) is 0 Å². The first-order valence-electron chi connectivity index (χ1n) is 11.8. The van der Waals surface area contributed by atoms with Crippen LogP contribution in [0, 0.1) is 0 Å². The van der Waals surface area contributed by atoms with Crippen LogP contribution in [-0.4, -0.2) is 76.8 Å². The fourth-order valence-corrected chi connectivity index (χ4v) is 3.76. The number of nitrogens with zero attached hydrogens (tertiary/aromatic N) is 1. The van der Waals surface area contributed by atoms with Crippen molar-refractivity contribution < 1.29 is 28.5 Å². The monoisotopic (exact) mass is 469 g/mol. The normalized spacial score (nSPS) is 14.1. The lowest BCUT2D eigenvalue weighted by molar-refractivity contribution is -0.127. The van der Waals surface area contributed by atoms with E-state index in [1.54, 1.807) is 7.11 Å². The highest BCUT2D eigenvalue weighted by Gasteiger charge is 2.22. The van der Waals surface area contributed by atoms with Crippen LogP contribution in [0.25, 0.3) is 11.1 Å². The molecule has 1 aliphatic rings. The number of piperidine rings is 1. The van der Waals surface area contributed by atoms with E-state index in [9.17, 15) is 4.79 Å². The molecule has 0 radical (unpaired) electrons. The Bertz CT molecular complexity index is 894. The molecule has 0 saturated carbocycles. The van der Waals surface area contributed by atoms with E-state index in [1.165, 1.54) is 6.08 Å². The van der Waals surface area contributed by atoms with Crippen molar-refractivity contribution in [1.29, 1.82) is 0 Å². The van der Waals surface area contributed by atoms with Crippen LogP contribution in [0.2, 0.25) is 0 Å². The summed E-state index contributed by atoms with van der Waals surface area (Å²) < 4.78 is 28.1. The Morgan fingerprint density at radius 2 is 1.68 bits per heavy atom. The summed E-state index contributed by atoms with van der Waals surface area (Å²) in [5.41, 5.74) is 2.03. The van der Waals surface area contributed by atoms with E-state index < -0.39 is 0 Å². The highest BCUT2D eigenvalue weighted by Crippen LogP contribution is 2.32. The van der Waals surface area contributed by atoms with Crippen molar-refractivity contribution in [3.05, 3.63) is 61.2 Å². The molecule has 0 spiro atoms. The first kappa shape index (κ1) is 25.7. The molecular formula is C27H35NO6. The Hall–Kier alpha value is -2.87. The fourth-order valence-electron chi connectivity index (χ4n) is 3.76. The summed E-state index contributed by atoms with van der Waals surface area (Å²) in [4.78, 5) is 13.6. The molecule has 0 unspecified atom stereocenters. The highest BCUT2D eigenvalue weighted by molar-refractivity contribution is 5.87. The van der Waals surface area contributed by atoms with Crippen LogP contribution in [0.1, 0.15) is 12.8 Å². The average Bonchev–Trinajstić information content (AvgIpc) is 2.88. The number of amides is 1. The van der Waals surface area contributed by atoms with E-state index in [-0.39, 0.29) is 12.0 Å². The van der Waals surface area contributed by atoms with Crippen LogP contribution < -0.4 is 9.47 Å². The van der Waals surface area contributed by atoms with Gasteiger partial charge in [-0.1, -0.05) is 36.9 Å². The third-order valence-corrected chi connectivity index (χ3v) is 5.55. The minimum absolute atomic E-state index is 0.0159. The molecule has 0 aromatic heterocycles. The van der Waals surface area contributed by atoms with Gasteiger partial charge in [0.05, 0.1) is 33.0 Å². The van der Waals surface area contributed by atoms with Crippen molar-refractivity contribution in [1.82, 2.24) is 4.90 Å². The lowest BCUT2D eigenvalue weighted by atomic mass is 10.0. The highest BCUT2D eigenvalue weighted by atomic mass is 16.6. The molecule has 2 aromatic rings. The lowest BCUT2D eigenvalue weighted by Crippen LogP contribution is -2.41. The minimum atomic E-state index is -0.0159. The number of para-hydroxylation sites is 1. The molecule has 1 saturated heterocycles. The molecule has 0 N–H and O–H groups in total. The number of ether oxygens (including phenoxy) is 5. The zero-order valence-corrected chi connectivity index (χ0v) is 19.9. The Morgan fingerprint density at radius 1 is 0.971 bits per heavy atom. The zero-order chi connectivity index (χ0) is 24.0. The van der Waals surface area contributed by atoms with Crippen LogP contribution in [-0.2, 0) is 19.0 Å². The first-order chi connectivity index (χ1) is 16.7. The number of benzene rings is 2. The van der Waals surface area contributed by atoms with Gasteiger partial charge in [-0.25, -0.2) is 0 Å². The smallest absolute Gasteiger partial charge is 0.245 e. The SMILES string of the molecule is C=CC(=O)N1CCC(Oc2cccc(-c3ccccc3OCCOCCOCCOC)c2)CC1. The Balaban J connectivity index is 1.49. The van der Waals surface area contributed by atoms with E-state index >= 15 is 0 Å². The third kappa shape index (κ3) is 8.17. The number of methoxy groups -OCH3 is 1. The Labute approximate surface area is 202 Å². The van der Waals surface area contributed by atoms with Gasteiger partial charge >= 0.3 is 0 Å². The zero-order valence-electron chi connectivity index (χ0n) is 19.9. The predicted molar refractivity (Wildman–Crippen MR) is 131 cm³/mol. The molecule has 7 heteroatoms. The second-order valence-electron chi connectivity index (χ2n) is 7.94. The van der Waals surface area contributed by atoms with Gasteiger partial charge < -0.3 is 28.6 Å². The van der Waals surface area contributed by atoms with Crippen molar-refractivity contribution in [2.45, 2.75) is 18.9 Å². The van der Waals surface area contributed by atoms with Gasteiger partial charge in [-0.15, -0.1) is 0 Å². The number of rotatable bonds is 14. The van der Waals surface area contributed by atoms with Crippen LogP contribution >= 0.6 is 0 Å². The van der Waals surface area contributed by atoms with Crippen molar-refractivity contribution in [3.63, 3.8) is 0 Å². The largest absolute Gasteiger partial charge is 0.491 e. The van der Waals surface area contributed by atoms with E-state index in [0.717, 1.165) is 35.5 Å². The van der Waals surface area contributed by atoms with Crippen LogP contribution in [0.5, 0.6) is 11.5 Å². The summed E-state index contributed by atoms with van der Waals surface area (Å²) in [5, 5.41) is 0. The van der Waals surface area contributed by atoms with Crippen LogP contribution in [0.15, 0.2) is 61.2 Å². The number of hydrogen-bond acceptors (Lipinski definition) is 6. The molecule has 1 aliphatic heterocycles. The summed E-state index contributed by atoms with van der Waals surface area (Å²) >= 11 is 0. The standard InChI is InChI=1S/C27H35NO6/c1-3-27(29)28-13-11-23(12-14-28)34-24-8-6-7-22(21-24)25-9-4-5-10-26(25)33-20-19-32-18-17-31-16-15-30-2/h3-10,21,23H,1,11-20H2,2H3. The number of carbonyl (C=O) groups excluding carboxylic acids is 1. The summed E-state index contributed by atoms with van der Waals surface area (Å²) in [5.74, 6) is 1.60. The third-order valence-electron chi connectivity index (χ3n) is 5.55. The van der Waals surface area contributed by atoms with Crippen molar-refractivity contribution >= 4 is 5.91 Å². The predicted octanol–water partition coefficient (Wildman–Crippen LogP) is 3.97. The van der Waals surface area contributed by atoms with E-state index in [1.807, 2.05) is 53.4 Å². The van der Waals surface area contributed by atoms with E-state index in [4.69, 9.17) is 23.7 Å². The molecule has 2 aromatic carbocycles. The summed E-state index contributed by atoms with van der Waals surface area (Å²) in [6.45, 7) is 8.09. The van der Waals surface area contributed by atoms with Crippen molar-refractivity contribution in [2.24, 2.45) is 0 Å². The van der Waals surface area contributed by atoms with Gasteiger partial charge in [0.25, 0.3) is 0 Å². The van der Waals surface area contributed by atoms with E-state index in [0.29, 0.717) is 52.7 Å². The molecular weight excluding hydrogens is 434 g/mol. The summed E-state index contributed by atoms with van der Waals surface area (Å²) in [6, 6.07) is 16.0. The van der Waals surface area contributed by atoms with Crippen LogP contribution in [0.3, 0.4) is 0 Å². The fraction of sp³-hybridized carbons (Fsp3) is 0.444. The molecule has 0 bridgehead atoms. The number of likely N-dealkylation sites (tertiary alicyclic amines) is 1. The molecule has 3 rings (SSSR count). The van der Waals surface area contributed by atoms with E-state index in [2.05, 4.69) is 6.58 Å². The first-order valence-corrected chi connectivity index (χ1v) is 11.8. The molecule has 1 amide bonds. The van der Waals surface area contributed by atoms with Crippen molar-refractivity contribution in [2.75, 3.05) is 59.8 Å². The van der Waals surface area contributed by atoms with Crippen molar-refractivity contribution in [3.8, 4) is 22.6 Å². The minimum Gasteiger partial charge on any atom is -0.491 e. The molecule has 1 heterocycles. The van der Waals surface area contributed by atoms with Gasteiger partial charge in [-0.2, -0.15) is 0 Å². The second-order valence-corrected chi connectivity index (χ2v) is 7.94. The molecule has 0 atom stereocenters. The van der Waals surface area contributed by atoms with Gasteiger partial charge in [0.2, 0.25) is 5.91 Å². The maximum Gasteiger partial charge on any atom is 0.245 e. The maximum absolute atomic E-state index is 11.8. The van der Waals surface area contributed by atoms with Gasteiger partial charge in [-0.3, -0.25) is 4.79 Å². The molecule has 1 fully saturated rings. The Kier molecular flexibility index (Phi) is 10.9. The average molecular weight is 470 g/mol. The molecule has 34 heavy (non-hydrogen) atoms. The molecule has 7 nitrogen and oxygen atoms in total. The molecule has 184 valence electrons. The quantitative estimate of drug-likeness (QED) is 0.308. The number of carbonyl (C=O) groups is 1. The van der Waals surface area contributed by atoms with Gasteiger partial charge in [0, 0.05) is 38.6 Å². The second kappa shape index (κ2) is 14.4. The lowest BCUT2D eigenvalue weighted by Gasteiger charge is -2.31. The summed E-state index contributed by atoms with van der Waals surface area (Å²) in [7, 11) is 1.65. The maximum atomic E-state index is 11.8. The summed E-state index contributed by atoms with van der Waals surface area (Å²) in [6.07, 6.45) is 3.07. The molecule has 0 aliphatic carbocycles. The topological polar surface area (TPSA) is 66.5 Å². The van der Waals surface area contributed by atoms with Crippen LogP contribution in [0.4, 0.5) is 0 Å².